The van der Waals surface area contributed by atoms with Gasteiger partial charge in [0.2, 0.25) is 59.1 Å². The van der Waals surface area contributed by atoms with Gasteiger partial charge in [-0.2, -0.15) is 11.8 Å². The third-order valence-electron chi connectivity index (χ3n) is 18.2. The quantitative estimate of drug-likeness (QED) is 0.0117. The molecule has 109 heavy (non-hydrogen) atoms. The van der Waals surface area contributed by atoms with Crippen molar-refractivity contribution < 1.29 is 65.8 Å². The minimum Gasteiger partial charge on any atom is -0.494 e. The molecule has 0 spiro atoms. The molecule has 590 valence electrons. The Morgan fingerprint density at radius 2 is 1.18 bits per heavy atom. The van der Waals surface area contributed by atoms with Gasteiger partial charge in [-0.25, -0.2) is 17.9 Å². The van der Waals surface area contributed by atoms with E-state index in [9.17, 15) is 56.4 Å². The first-order chi connectivity index (χ1) is 52.0. The van der Waals surface area contributed by atoms with Gasteiger partial charge in [0.05, 0.1) is 17.9 Å². The van der Waals surface area contributed by atoms with Crippen LogP contribution < -0.4 is 63.5 Å². The number of carbonyl (C=O) groups is 10. The second kappa shape index (κ2) is 42.9. The van der Waals surface area contributed by atoms with Crippen molar-refractivity contribution in [1.29, 1.82) is 0 Å². The maximum atomic E-state index is 15.0. The first-order valence-corrected chi connectivity index (χ1v) is 40.7. The normalized spacial score (nSPS) is 15.9. The van der Waals surface area contributed by atoms with Crippen LogP contribution in [0.15, 0.2) is 149 Å². The van der Waals surface area contributed by atoms with E-state index < -0.39 is 124 Å². The number of hydrogen-bond acceptors (Lipinski definition) is 17. The summed E-state index contributed by atoms with van der Waals surface area (Å²) in [6.07, 6.45) is 4.01. The number of amides is 10. The molecule has 0 unspecified atom stereocenters. The lowest BCUT2D eigenvalue weighted by atomic mass is 9.85. The molecule has 1 heterocycles. The molecule has 13 N–H and O–H groups in total. The molecule has 2 aliphatic rings. The molecule has 5 aromatic carbocycles. The summed E-state index contributed by atoms with van der Waals surface area (Å²) >= 11 is 3.07. The molecule has 1 saturated carbocycles. The number of likely N-dealkylation sites (tertiary alicyclic amines) is 1. The topological polar surface area (TPSA) is 399 Å². The number of aliphatic imine (C=N–C) groups is 1. The summed E-state index contributed by atoms with van der Waals surface area (Å²) in [5.41, 5.74) is 15.1. The van der Waals surface area contributed by atoms with Gasteiger partial charge >= 0.3 is 6.09 Å². The predicted molar refractivity (Wildman–Crippen MR) is 422 cm³/mol. The first kappa shape index (κ1) is 86.6. The van der Waals surface area contributed by atoms with Crippen LogP contribution in [0.3, 0.4) is 0 Å². The van der Waals surface area contributed by atoms with Crippen molar-refractivity contribution in [3.05, 3.63) is 167 Å². The van der Waals surface area contributed by atoms with Gasteiger partial charge in [-0.05, 0) is 126 Å². The Balaban J connectivity index is 1.02. The molecule has 30 heteroatoms. The number of nitrogens with one attached hydrogen (secondary N) is 9. The SMILES string of the molecule is CCOc1ccc(C[C@@H](NC(=O)CC2(SCc3ccccc3)CCCCC2)C(=O)N[C@@H](Cc2ccccc2)C(=O)N[C@H](C(=O)N[C@@H](CC(N)=O)C(=O)N[C@@H](CSCc2ccccc2)C(=O)N2CCC[C@H]2C(=O)NCCNC(=O)[C@@H](CCCN=C(N)NS(=O)(=O)c2ccc(C)cc2)NC(=O)OC(C)(C)C)C(C)C)cc1. The van der Waals surface area contributed by atoms with E-state index in [0.29, 0.717) is 41.4 Å². The summed E-state index contributed by atoms with van der Waals surface area (Å²) in [5.74, 6) is -5.76. The van der Waals surface area contributed by atoms with Gasteiger partial charge in [-0.1, -0.05) is 154 Å². The second-order valence-corrected chi connectivity index (χ2v) is 32.8. The van der Waals surface area contributed by atoms with Crippen LogP contribution in [0.4, 0.5) is 4.79 Å². The van der Waals surface area contributed by atoms with Crippen molar-refractivity contribution in [3.8, 4) is 5.75 Å². The van der Waals surface area contributed by atoms with Crippen molar-refractivity contribution in [2.75, 3.05) is 38.5 Å². The lowest BCUT2D eigenvalue weighted by molar-refractivity contribution is -0.141. The Morgan fingerprint density at radius 3 is 1.79 bits per heavy atom. The highest BCUT2D eigenvalue weighted by Gasteiger charge is 2.41. The van der Waals surface area contributed by atoms with Crippen LogP contribution in [0.1, 0.15) is 140 Å². The minimum atomic E-state index is -4.03. The number of sulfonamides is 1. The lowest BCUT2D eigenvalue weighted by Gasteiger charge is -2.37. The van der Waals surface area contributed by atoms with Crippen LogP contribution in [0.25, 0.3) is 0 Å². The summed E-state index contributed by atoms with van der Waals surface area (Å²) in [6.45, 7) is 12.2. The number of alkyl carbamates (subject to hydrolysis) is 1. The Hall–Kier alpha value is -9.68. The summed E-state index contributed by atoms with van der Waals surface area (Å²) in [4.78, 5) is 148. The molecule has 10 amide bonds. The highest BCUT2D eigenvalue weighted by Crippen LogP contribution is 2.44. The Bertz CT molecular complexity index is 3980. The number of nitrogens with zero attached hydrogens (tertiary/aromatic N) is 2. The van der Waals surface area contributed by atoms with Gasteiger partial charge < -0.3 is 68.4 Å². The fraction of sp³-hybridized carbons (Fsp3) is 0.481. The number of thioether (sulfide) groups is 2. The number of guanidine groups is 1. The van der Waals surface area contributed by atoms with Crippen LogP contribution in [0, 0.1) is 12.8 Å². The first-order valence-electron chi connectivity index (χ1n) is 37.1. The molecule has 0 bridgehead atoms. The van der Waals surface area contributed by atoms with Crippen LogP contribution >= 0.6 is 23.5 Å². The number of carbonyl (C=O) groups excluding carboxylic acids is 10. The maximum absolute atomic E-state index is 15.0. The molecule has 1 aliphatic carbocycles. The number of hydrogen-bond donors (Lipinski definition) is 11. The van der Waals surface area contributed by atoms with Gasteiger partial charge in [-0.3, -0.25) is 48.1 Å². The van der Waals surface area contributed by atoms with Crippen LogP contribution in [0.5, 0.6) is 5.75 Å². The van der Waals surface area contributed by atoms with Crippen molar-refractivity contribution in [2.45, 2.75) is 201 Å². The van der Waals surface area contributed by atoms with E-state index in [1.54, 1.807) is 101 Å². The molecule has 1 saturated heterocycles. The fourth-order valence-electron chi connectivity index (χ4n) is 12.6. The summed E-state index contributed by atoms with van der Waals surface area (Å²) in [6, 6.07) is 32.6. The summed E-state index contributed by atoms with van der Waals surface area (Å²) in [5, 5.41) is 22.2. The van der Waals surface area contributed by atoms with Gasteiger partial charge in [0.25, 0.3) is 10.0 Å². The van der Waals surface area contributed by atoms with Crippen molar-refractivity contribution >= 4 is 98.8 Å². The molecule has 27 nitrogen and oxygen atoms in total. The summed E-state index contributed by atoms with van der Waals surface area (Å²) in [7, 11) is -4.03. The van der Waals surface area contributed by atoms with Gasteiger partial charge in [0.1, 0.15) is 53.6 Å². The van der Waals surface area contributed by atoms with Crippen molar-refractivity contribution in [3.63, 3.8) is 0 Å². The van der Waals surface area contributed by atoms with E-state index in [4.69, 9.17) is 20.9 Å². The van der Waals surface area contributed by atoms with Gasteiger partial charge in [-0.15, -0.1) is 11.8 Å². The molecule has 7 rings (SSSR count). The number of ether oxygens (including phenoxy) is 2. The molecular weight excluding hydrogens is 1450 g/mol. The van der Waals surface area contributed by atoms with E-state index >= 15 is 0 Å². The van der Waals surface area contributed by atoms with Crippen molar-refractivity contribution in [2.24, 2.45) is 22.4 Å². The molecular formula is C79H107N13O14S3. The zero-order chi connectivity index (χ0) is 79.1. The minimum absolute atomic E-state index is 0.0139. The Labute approximate surface area is 648 Å². The van der Waals surface area contributed by atoms with E-state index in [-0.39, 0.29) is 92.0 Å². The molecule has 0 radical (unpaired) electrons. The fourth-order valence-corrected chi connectivity index (χ4v) is 16.1. The van der Waals surface area contributed by atoms with Gasteiger partial charge in [0, 0.05) is 67.4 Å². The number of benzene rings is 5. The average molecular weight is 1560 g/mol. The smallest absolute Gasteiger partial charge is 0.408 e. The molecule has 7 atom stereocenters. The lowest BCUT2D eigenvalue weighted by Crippen LogP contribution is -2.61. The zero-order valence-corrected chi connectivity index (χ0v) is 65.7. The largest absolute Gasteiger partial charge is 0.494 e. The van der Waals surface area contributed by atoms with Crippen molar-refractivity contribution in [1.82, 2.24) is 52.2 Å². The number of nitrogens with two attached hydrogens (primary N) is 2. The maximum Gasteiger partial charge on any atom is 0.408 e. The second-order valence-electron chi connectivity index (χ2n) is 28.7. The van der Waals surface area contributed by atoms with E-state index in [1.165, 1.54) is 28.8 Å². The van der Waals surface area contributed by atoms with Crippen LogP contribution in [-0.4, -0.2) is 170 Å². The third-order valence-corrected chi connectivity index (χ3v) is 22.4. The number of primary amides is 1. The molecule has 5 aromatic rings. The number of rotatable bonds is 40. The highest BCUT2D eigenvalue weighted by molar-refractivity contribution is 8.00. The standard InChI is InChI=1S/C79H107N13O14S3/c1-8-105-58-35-33-55(34-36-58)46-61(85-67(94)48-79(39-19-12-20-40-79)108-50-57-27-17-11-18-28-57)70(96)86-62(45-54-23-13-9-14-24-54)72(98)90-68(52(2)3)74(100)87-63(47-66(80)93)71(97)88-64(51-107-49-56-25-15-10-16-26-56)75(101)92-44-22-30-65(92)73(99)83-43-42-82-69(95)60(89-77(102)106-78(5,6)7)29-21-41-84-76(81)91-109(103,104)59-37-31-53(4)32-38-59/h9-11,13-18,23-28,31-38,52,60-65,68H,8,12,19-22,29-30,39-51H2,1-7H3,(H2,80,93)(H,82,95)(H,83,99)(H,85,94)(H,86,96)(H,87,100)(H,88,97)(H,89,102)(H,90,98)(H3,81,84,91)/t60-,61-,62+,63+,64+,65+,68+/m1/s1. The zero-order valence-electron chi connectivity index (χ0n) is 63.2. The van der Waals surface area contributed by atoms with Crippen LogP contribution in [0.2, 0.25) is 0 Å². The molecule has 2 fully saturated rings. The van der Waals surface area contributed by atoms with E-state index in [0.717, 1.165) is 48.8 Å². The Morgan fingerprint density at radius 1 is 0.624 bits per heavy atom. The number of aryl methyl sites for hydroxylation is 1. The van der Waals surface area contributed by atoms with E-state index in [1.807, 2.05) is 74.5 Å². The van der Waals surface area contributed by atoms with Gasteiger partial charge in [0.15, 0.2) is 0 Å². The Kier molecular flexibility index (Phi) is 34.1. The average Bonchev–Trinajstić information content (AvgIpc) is 1.01. The highest BCUT2D eigenvalue weighted by atomic mass is 32.2. The monoisotopic (exact) mass is 1560 g/mol. The third kappa shape index (κ3) is 29.3. The predicted octanol–water partition coefficient (Wildman–Crippen LogP) is 6.28. The summed E-state index contributed by atoms with van der Waals surface area (Å²) < 4.78 is 38.7. The molecule has 1 aliphatic heterocycles. The van der Waals surface area contributed by atoms with Crippen LogP contribution in [-0.2, 0) is 82.3 Å². The molecule has 0 aromatic heterocycles. The van der Waals surface area contributed by atoms with E-state index in [2.05, 4.69) is 64.4 Å².